The molecule has 0 aliphatic carbocycles. The van der Waals surface area contributed by atoms with Crippen molar-refractivity contribution >= 4 is 11.9 Å². The summed E-state index contributed by atoms with van der Waals surface area (Å²) in [7, 11) is 3.40. The number of rotatable bonds is 7. The van der Waals surface area contributed by atoms with Crippen LogP contribution >= 0.6 is 0 Å². The van der Waals surface area contributed by atoms with Crippen molar-refractivity contribution in [3.8, 4) is 0 Å². The Kier molecular flexibility index (Phi) is 12.8. The topological polar surface area (TPSA) is 66.8 Å². The molecule has 5 heteroatoms. The Balaban J connectivity index is 0. The molecule has 116 valence electrons. The van der Waals surface area contributed by atoms with Crippen LogP contribution in [-0.4, -0.2) is 36.2 Å². The Hall–Kier alpha value is -1.62. The molecule has 0 aliphatic heterocycles. The van der Waals surface area contributed by atoms with Gasteiger partial charge in [0, 0.05) is 25.7 Å². The van der Waals surface area contributed by atoms with Crippen molar-refractivity contribution in [2.24, 2.45) is 5.92 Å². The molecule has 1 atom stereocenters. The smallest absolute Gasteiger partial charge is 0.352 e. The summed E-state index contributed by atoms with van der Waals surface area (Å²) in [6, 6.07) is 0. The van der Waals surface area contributed by atoms with E-state index in [9.17, 15) is 9.59 Å². The second-order valence-corrected chi connectivity index (χ2v) is 4.70. The van der Waals surface area contributed by atoms with E-state index >= 15 is 0 Å². The SMILES string of the molecule is C=CC(=O)O.CCCCC(C)C=C(C)C(=O)ON(C)C. The monoisotopic (exact) mass is 285 g/mol. The maximum atomic E-state index is 11.4. The highest BCUT2D eigenvalue weighted by atomic mass is 16.7. The van der Waals surface area contributed by atoms with Gasteiger partial charge in [-0.3, -0.25) is 0 Å². The zero-order valence-corrected chi connectivity index (χ0v) is 13.2. The van der Waals surface area contributed by atoms with Crippen LogP contribution in [0.25, 0.3) is 0 Å². The number of allylic oxidation sites excluding steroid dienone is 1. The maximum Gasteiger partial charge on any atom is 0.352 e. The first kappa shape index (κ1) is 20.7. The summed E-state index contributed by atoms with van der Waals surface area (Å²) >= 11 is 0. The molecule has 0 bridgehead atoms. The van der Waals surface area contributed by atoms with Gasteiger partial charge in [0.05, 0.1) is 0 Å². The largest absolute Gasteiger partial charge is 0.478 e. The Labute approximate surface area is 121 Å². The third-order valence-corrected chi connectivity index (χ3v) is 2.31. The average Bonchev–Trinajstić information content (AvgIpc) is 2.36. The molecule has 0 saturated heterocycles. The van der Waals surface area contributed by atoms with E-state index < -0.39 is 5.97 Å². The molecule has 0 spiro atoms. The first-order chi connectivity index (χ1) is 9.24. The highest BCUT2D eigenvalue weighted by molar-refractivity contribution is 5.87. The number of hydrogen-bond acceptors (Lipinski definition) is 4. The fraction of sp³-hybridized carbons (Fsp3) is 0.600. The molecular formula is C15H27NO4. The minimum absolute atomic E-state index is 0.261. The first-order valence-electron chi connectivity index (χ1n) is 6.67. The normalized spacial score (nSPS) is 12.2. The number of carbonyl (C=O) groups is 2. The lowest BCUT2D eigenvalue weighted by Gasteiger charge is -2.11. The Morgan fingerprint density at radius 2 is 1.90 bits per heavy atom. The zero-order valence-electron chi connectivity index (χ0n) is 13.2. The molecule has 20 heavy (non-hydrogen) atoms. The number of carbonyl (C=O) groups excluding carboxylic acids is 1. The van der Waals surface area contributed by atoms with Gasteiger partial charge in [0.15, 0.2) is 0 Å². The molecule has 0 saturated carbocycles. The Morgan fingerprint density at radius 3 is 2.25 bits per heavy atom. The molecule has 5 nitrogen and oxygen atoms in total. The minimum atomic E-state index is -0.981. The predicted molar refractivity (Wildman–Crippen MR) is 80.1 cm³/mol. The van der Waals surface area contributed by atoms with Gasteiger partial charge in [-0.25, -0.2) is 9.59 Å². The van der Waals surface area contributed by atoms with Crippen LogP contribution in [0.15, 0.2) is 24.3 Å². The van der Waals surface area contributed by atoms with Gasteiger partial charge in [-0.15, -0.1) is 5.06 Å². The summed E-state index contributed by atoms with van der Waals surface area (Å²) in [6.07, 6.45) is 6.34. The average molecular weight is 285 g/mol. The standard InChI is InChI=1S/C12H23NO2.C3H4O2/c1-6-7-8-10(2)9-11(3)12(14)15-13(4)5;1-2-3(4)5/h9-10H,6-8H2,1-5H3;2H,1H2,(H,4,5). The number of hydrogen-bond donors (Lipinski definition) is 1. The molecule has 0 fully saturated rings. The van der Waals surface area contributed by atoms with Crippen molar-refractivity contribution in [2.75, 3.05) is 14.1 Å². The molecule has 0 aromatic rings. The fourth-order valence-corrected chi connectivity index (χ4v) is 1.34. The van der Waals surface area contributed by atoms with Crippen LogP contribution in [0.3, 0.4) is 0 Å². The quantitative estimate of drug-likeness (QED) is 0.575. The highest BCUT2D eigenvalue weighted by Crippen LogP contribution is 2.12. The van der Waals surface area contributed by atoms with Crippen LogP contribution in [0.4, 0.5) is 0 Å². The summed E-state index contributed by atoms with van der Waals surface area (Å²) in [4.78, 5) is 25.6. The Bertz CT molecular complexity index is 335. The second kappa shape index (κ2) is 12.4. The molecule has 1 unspecified atom stereocenters. The molecule has 0 radical (unpaired) electrons. The first-order valence-corrected chi connectivity index (χ1v) is 6.67. The van der Waals surface area contributed by atoms with Crippen LogP contribution < -0.4 is 0 Å². The van der Waals surface area contributed by atoms with E-state index in [0.29, 0.717) is 11.5 Å². The lowest BCUT2D eigenvalue weighted by Crippen LogP contribution is -2.19. The van der Waals surface area contributed by atoms with Crippen LogP contribution in [0.5, 0.6) is 0 Å². The molecule has 0 rings (SSSR count). The number of unbranched alkanes of at least 4 members (excludes halogenated alkanes) is 1. The van der Waals surface area contributed by atoms with Crippen molar-refractivity contribution in [1.82, 2.24) is 5.06 Å². The molecule has 0 aromatic heterocycles. The molecular weight excluding hydrogens is 258 g/mol. The van der Waals surface area contributed by atoms with Crippen molar-refractivity contribution in [1.29, 1.82) is 0 Å². The molecule has 0 amide bonds. The zero-order chi connectivity index (χ0) is 16.1. The van der Waals surface area contributed by atoms with Gasteiger partial charge >= 0.3 is 11.9 Å². The van der Waals surface area contributed by atoms with Crippen LogP contribution in [0, 0.1) is 5.92 Å². The molecule has 0 aromatic carbocycles. The predicted octanol–water partition coefficient (Wildman–Crippen LogP) is 3.04. The lowest BCUT2D eigenvalue weighted by molar-refractivity contribution is -0.172. The number of carboxylic acids is 1. The van der Waals surface area contributed by atoms with Gasteiger partial charge < -0.3 is 9.94 Å². The minimum Gasteiger partial charge on any atom is -0.478 e. The van der Waals surface area contributed by atoms with E-state index in [1.807, 2.05) is 6.08 Å². The molecule has 0 aliphatic rings. The summed E-state index contributed by atoms with van der Waals surface area (Å²) < 4.78 is 0. The van der Waals surface area contributed by atoms with E-state index in [0.717, 1.165) is 12.5 Å². The van der Waals surface area contributed by atoms with Crippen LogP contribution in [0.2, 0.25) is 0 Å². The maximum absolute atomic E-state index is 11.4. The van der Waals surface area contributed by atoms with Gasteiger partial charge in [-0.1, -0.05) is 39.3 Å². The summed E-state index contributed by atoms with van der Waals surface area (Å²) in [6.45, 7) is 9.06. The highest BCUT2D eigenvalue weighted by Gasteiger charge is 2.08. The number of nitrogens with zero attached hydrogens (tertiary/aromatic N) is 1. The van der Waals surface area contributed by atoms with Gasteiger partial charge in [-0.2, -0.15) is 0 Å². The van der Waals surface area contributed by atoms with Gasteiger partial charge in [0.25, 0.3) is 0 Å². The number of hydroxylamine groups is 2. The van der Waals surface area contributed by atoms with Crippen molar-refractivity contribution in [2.45, 2.75) is 40.0 Å². The lowest BCUT2D eigenvalue weighted by atomic mass is 10.0. The summed E-state index contributed by atoms with van der Waals surface area (Å²) in [5.41, 5.74) is 0.687. The van der Waals surface area contributed by atoms with Crippen LogP contribution in [0.1, 0.15) is 40.0 Å². The van der Waals surface area contributed by atoms with Crippen LogP contribution in [-0.2, 0) is 14.4 Å². The van der Waals surface area contributed by atoms with Crippen molar-refractivity contribution in [3.05, 3.63) is 24.3 Å². The Morgan fingerprint density at radius 1 is 1.40 bits per heavy atom. The summed E-state index contributed by atoms with van der Waals surface area (Å²) in [5, 5.41) is 9.02. The van der Waals surface area contributed by atoms with Crippen molar-refractivity contribution in [3.63, 3.8) is 0 Å². The van der Waals surface area contributed by atoms with E-state index in [1.54, 1.807) is 21.0 Å². The third-order valence-electron chi connectivity index (χ3n) is 2.31. The fourth-order valence-electron chi connectivity index (χ4n) is 1.34. The van der Waals surface area contributed by atoms with E-state index in [4.69, 9.17) is 9.94 Å². The third kappa shape index (κ3) is 14.4. The van der Waals surface area contributed by atoms with Crippen molar-refractivity contribution < 1.29 is 19.5 Å². The number of aliphatic carboxylic acids is 1. The summed E-state index contributed by atoms with van der Waals surface area (Å²) in [5.74, 6) is -0.798. The molecule has 0 heterocycles. The molecule has 1 N–H and O–H groups in total. The number of carboxylic acid groups (broad SMARTS) is 1. The second-order valence-electron chi connectivity index (χ2n) is 4.70. The van der Waals surface area contributed by atoms with Gasteiger partial charge in [0.2, 0.25) is 0 Å². The van der Waals surface area contributed by atoms with E-state index in [1.165, 1.54) is 17.9 Å². The van der Waals surface area contributed by atoms with Gasteiger partial charge in [-0.05, 0) is 19.3 Å². The van der Waals surface area contributed by atoms with Gasteiger partial charge in [0.1, 0.15) is 0 Å². The van der Waals surface area contributed by atoms with E-state index in [-0.39, 0.29) is 5.97 Å². The van der Waals surface area contributed by atoms with E-state index in [2.05, 4.69) is 20.4 Å².